The Morgan fingerprint density at radius 3 is 1.73 bits per heavy atom. The van der Waals surface area contributed by atoms with Gasteiger partial charge in [-0.25, -0.2) is 0 Å². The molecule has 178 valence electrons. The minimum absolute atomic E-state index is 0.0457. The molecule has 0 atom stereocenters. The third-order valence-electron chi connectivity index (χ3n) is 3.43. The second-order valence-electron chi connectivity index (χ2n) is 6.40. The largest absolute Gasteiger partial charge is 0.378 e. The predicted molar refractivity (Wildman–Crippen MR) is 129 cm³/mol. The highest BCUT2D eigenvalue weighted by Crippen LogP contribution is 2.30. The lowest BCUT2D eigenvalue weighted by Gasteiger charge is -2.22. The van der Waals surface area contributed by atoms with Crippen LogP contribution < -0.4 is 11.1 Å². The van der Waals surface area contributed by atoms with Gasteiger partial charge in [-0.1, -0.05) is 30.9 Å². The SMILES string of the molecule is CCSC(=S)SC(C)(C)C(=O)NCCOCCOCCOCCOCCOCCN. The van der Waals surface area contributed by atoms with Gasteiger partial charge in [0.2, 0.25) is 5.91 Å². The number of hydrogen-bond donors (Lipinski definition) is 2. The molecule has 0 aliphatic carbocycles. The summed E-state index contributed by atoms with van der Waals surface area (Å²) in [6.07, 6.45) is 0. The first-order chi connectivity index (χ1) is 14.4. The van der Waals surface area contributed by atoms with Crippen molar-refractivity contribution >= 4 is 45.2 Å². The predicted octanol–water partition coefficient (Wildman–Crippen LogP) is 1.69. The molecule has 30 heavy (non-hydrogen) atoms. The molecule has 3 N–H and O–H groups in total. The number of carbonyl (C=O) groups excluding carboxylic acids is 1. The van der Waals surface area contributed by atoms with Gasteiger partial charge in [-0.2, -0.15) is 0 Å². The summed E-state index contributed by atoms with van der Waals surface area (Å²) >= 11 is 8.26. The highest BCUT2D eigenvalue weighted by molar-refractivity contribution is 8.47. The number of rotatable bonds is 20. The Bertz CT molecular complexity index is 444. The first-order valence-electron chi connectivity index (χ1n) is 10.2. The second-order valence-corrected chi connectivity index (χ2v) is 10.5. The maximum absolute atomic E-state index is 12.3. The van der Waals surface area contributed by atoms with Gasteiger partial charge in [-0.15, -0.1) is 11.8 Å². The number of thioether (sulfide) groups is 2. The normalized spacial score (nSPS) is 11.6. The van der Waals surface area contributed by atoms with Gasteiger partial charge in [0.1, 0.15) is 3.53 Å². The summed E-state index contributed by atoms with van der Waals surface area (Å²) in [5.74, 6) is 0.863. The van der Waals surface area contributed by atoms with Crippen LogP contribution in [0.3, 0.4) is 0 Å². The van der Waals surface area contributed by atoms with Gasteiger partial charge >= 0.3 is 0 Å². The van der Waals surface area contributed by atoms with Crippen molar-refractivity contribution < 1.29 is 28.5 Å². The zero-order valence-electron chi connectivity index (χ0n) is 18.4. The topological polar surface area (TPSA) is 101 Å². The van der Waals surface area contributed by atoms with Crippen molar-refractivity contribution in [2.75, 3.05) is 84.9 Å². The molecule has 0 spiro atoms. The molecule has 0 aromatic rings. The van der Waals surface area contributed by atoms with Gasteiger partial charge in [-0.05, 0) is 19.6 Å². The molecule has 0 bridgehead atoms. The van der Waals surface area contributed by atoms with Crippen LogP contribution in [-0.4, -0.2) is 99.1 Å². The van der Waals surface area contributed by atoms with E-state index in [1.165, 1.54) is 11.8 Å². The van der Waals surface area contributed by atoms with E-state index in [0.717, 1.165) is 9.28 Å². The summed E-state index contributed by atoms with van der Waals surface area (Å²) in [4.78, 5) is 12.3. The minimum atomic E-state index is -0.592. The molecule has 11 heteroatoms. The number of thiocarbonyl (C=S) groups is 1. The number of hydrogen-bond acceptors (Lipinski definition) is 10. The lowest BCUT2D eigenvalue weighted by molar-refractivity contribution is -0.122. The van der Waals surface area contributed by atoms with E-state index in [4.69, 9.17) is 41.6 Å². The lowest BCUT2D eigenvalue weighted by Crippen LogP contribution is -2.41. The lowest BCUT2D eigenvalue weighted by atomic mass is 10.2. The monoisotopic (exact) mass is 486 g/mol. The Morgan fingerprint density at radius 1 is 0.867 bits per heavy atom. The van der Waals surface area contributed by atoms with Crippen molar-refractivity contribution in [3.63, 3.8) is 0 Å². The zero-order chi connectivity index (χ0) is 22.5. The summed E-state index contributed by atoms with van der Waals surface area (Å²) in [6, 6.07) is 0. The fraction of sp³-hybridized carbons (Fsp3) is 0.895. The maximum atomic E-state index is 12.3. The first kappa shape index (κ1) is 30.0. The molecule has 0 aromatic heterocycles. The molecule has 0 aromatic carbocycles. The molecule has 1 amide bonds. The van der Waals surface area contributed by atoms with Crippen molar-refractivity contribution in [2.45, 2.75) is 25.5 Å². The summed E-state index contributed by atoms with van der Waals surface area (Å²) in [5, 5.41) is 2.88. The summed E-state index contributed by atoms with van der Waals surface area (Å²) < 4.78 is 27.0. The molecule has 0 unspecified atom stereocenters. The van der Waals surface area contributed by atoms with Crippen LogP contribution in [0.25, 0.3) is 0 Å². The number of carbonyl (C=O) groups is 1. The fourth-order valence-electron chi connectivity index (χ4n) is 1.92. The van der Waals surface area contributed by atoms with E-state index in [-0.39, 0.29) is 5.91 Å². The van der Waals surface area contributed by atoms with E-state index in [0.29, 0.717) is 79.2 Å². The Labute approximate surface area is 195 Å². The number of ether oxygens (including phenoxy) is 5. The van der Waals surface area contributed by atoms with Crippen LogP contribution in [-0.2, 0) is 28.5 Å². The molecule has 0 saturated heterocycles. The van der Waals surface area contributed by atoms with Crippen LogP contribution in [0.2, 0.25) is 0 Å². The van der Waals surface area contributed by atoms with Gasteiger partial charge in [0.05, 0.1) is 70.8 Å². The molecule has 0 aliphatic heterocycles. The van der Waals surface area contributed by atoms with Gasteiger partial charge in [0.25, 0.3) is 0 Å². The molecule has 0 heterocycles. The molecular formula is C19H38N2O6S3. The van der Waals surface area contributed by atoms with Crippen LogP contribution in [0.4, 0.5) is 0 Å². The second kappa shape index (κ2) is 20.9. The van der Waals surface area contributed by atoms with Crippen molar-refractivity contribution in [2.24, 2.45) is 5.73 Å². The summed E-state index contributed by atoms with van der Waals surface area (Å²) in [5.41, 5.74) is 5.31. The molecule has 0 aliphatic rings. The Hall–Kier alpha value is 0.0200. The van der Waals surface area contributed by atoms with Gasteiger partial charge in [-0.3, -0.25) is 4.79 Å². The molecule has 0 fully saturated rings. The van der Waals surface area contributed by atoms with Gasteiger partial charge in [0.15, 0.2) is 0 Å². The van der Waals surface area contributed by atoms with Gasteiger partial charge < -0.3 is 34.7 Å². The summed E-state index contributed by atoms with van der Waals surface area (Å²) in [6.45, 7) is 11.9. The average molecular weight is 487 g/mol. The smallest absolute Gasteiger partial charge is 0.236 e. The van der Waals surface area contributed by atoms with Crippen LogP contribution in [0.1, 0.15) is 20.8 Å². The molecular weight excluding hydrogens is 448 g/mol. The molecule has 0 saturated carbocycles. The Balaban J connectivity index is 3.40. The highest BCUT2D eigenvalue weighted by Gasteiger charge is 2.29. The van der Waals surface area contributed by atoms with E-state index < -0.39 is 4.75 Å². The standard InChI is InChI=1S/C19H38N2O6S3/c1-4-29-18(28)30-19(2,3)17(22)21-6-8-24-10-12-26-14-16-27-15-13-25-11-9-23-7-5-20/h4-16,20H2,1-3H3,(H,21,22). The van der Waals surface area contributed by atoms with Crippen LogP contribution in [0.5, 0.6) is 0 Å². The Kier molecular flexibility index (Phi) is 20.9. The van der Waals surface area contributed by atoms with E-state index in [2.05, 4.69) is 5.32 Å². The zero-order valence-corrected chi connectivity index (χ0v) is 20.9. The van der Waals surface area contributed by atoms with E-state index in [1.54, 1.807) is 11.8 Å². The number of nitrogens with one attached hydrogen (secondary N) is 1. The fourth-order valence-corrected chi connectivity index (χ4v) is 4.93. The van der Waals surface area contributed by atoms with Crippen LogP contribution >= 0.6 is 35.7 Å². The van der Waals surface area contributed by atoms with Crippen molar-refractivity contribution in [1.29, 1.82) is 0 Å². The average Bonchev–Trinajstić information content (AvgIpc) is 2.69. The quantitative estimate of drug-likeness (QED) is 0.195. The third-order valence-corrected chi connectivity index (χ3v) is 6.02. The van der Waals surface area contributed by atoms with Crippen molar-refractivity contribution in [1.82, 2.24) is 5.32 Å². The van der Waals surface area contributed by atoms with E-state index in [1.807, 2.05) is 20.8 Å². The van der Waals surface area contributed by atoms with Gasteiger partial charge in [0, 0.05) is 13.1 Å². The van der Waals surface area contributed by atoms with Crippen LogP contribution in [0, 0.1) is 0 Å². The third kappa shape index (κ3) is 18.8. The van der Waals surface area contributed by atoms with Crippen molar-refractivity contribution in [3.8, 4) is 0 Å². The number of amides is 1. The first-order valence-corrected chi connectivity index (χ1v) is 12.4. The van der Waals surface area contributed by atoms with Crippen molar-refractivity contribution in [3.05, 3.63) is 0 Å². The molecule has 0 radical (unpaired) electrons. The maximum Gasteiger partial charge on any atom is 0.236 e. The molecule has 8 nitrogen and oxygen atoms in total. The van der Waals surface area contributed by atoms with Crippen LogP contribution in [0.15, 0.2) is 0 Å². The molecule has 0 rings (SSSR count). The van der Waals surface area contributed by atoms with E-state index >= 15 is 0 Å². The minimum Gasteiger partial charge on any atom is -0.378 e. The van der Waals surface area contributed by atoms with E-state index in [9.17, 15) is 4.79 Å². The number of nitrogens with two attached hydrogens (primary N) is 1. The Morgan fingerprint density at radius 2 is 1.30 bits per heavy atom. The highest BCUT2D eigenvalue weighted by atomic mass is 32.2. The summed E-state index contributed by atoms with van der Waals surface area (Å²) in [7, 11) is 0.